The number of hydrogen-bond donors (Lipinski definition) is 1. The van der Waals surface area contributed by atoms with E-state index in [-0.39, 0.29) is 10.8 Å². The number of nitrogens with one attached hydrogen (secondary N) is 1. The monoisotopic (exact) mass is 299 g/mol. The Morgan fingerprint density at radius 1 is 1.50 bits per heavy atom. The van der Waals surface area contributed by atoms with Crippen LogP contribution in [0.25, 0.3) is 0 Å². The molecule has 2 heterocycles. The van der Waals surface area contributed by atoms with Gasteiger partial charge in [-0.2, -0.15) is 5.26 Å². The highest BCUT2D eigenvalue weighted by Gasteiger charge is 2.16. The van der Waals surface area contributed by atoms with Gasteiger partial charge in [-0.1, -0.05) is 0 Å². The summed E-state index contributed by atoms with van der Waals surface area (Å²) in [6.07, 6.45) is 0. The van der Waals surface area contributed by atoms with Gasteiger partial charge in [0.1, 0.15) is 15.2 Å². The zero-order valence-electron chi connectivity index (χ0n) is 9.37. The summed E-state index contributed by atoms with van der Waals surface area (Å²) >= 11 is 2.42. The van der Waals surface area contributed by atoms with E-state index in [1.807, 2.05) is 18.4 Å². The molecule has 0 amide bonds. The molecule has 0 saturated heterocycles. The van der Waals surface area contributed by atoms with Gasteiger partial charge >= 0.3 is 0 Å². The first-order valence-corrected chi connectivity index (χ1v) is 8.10. The Morgan fingerprint density at radius 2 is 2.28 bits per heavy atom. The first-order chi connectivity index (χ1) is 8.51. The zero-order valence-corrected chi connectivity index (χ0v) is 11.8. The van der Waals surface area contributed by atoms with Crippen LogP contribution in [-0.2, 0) is 16.6 Å². The Morgan fingerprint density at radius 3 is 2.83 bits per heavy atom. The molecule has 8 heteroatoms. The summed E-state index contributed by atoms with van der Waals surface area (Å²) in [6, 6.07) is 4.83. The van der Waals surface area contributed by atoms with Crippen LogP contribution in [0.4, 0.5) is 0 Å². The summed E-state index contributed by atoms with van der Waals surface area (Å²) in [7, 11) is -3.56. The maximum absolute atomic E-state index is 11.9. The average molecular weight is 299 g/mol. The van der Waals surface area contributed by atoms with E-state index >= 15 is 0 Å². The molecule has 2 rings (SSSR count). The smallest absolute Gasteiger partial charge is 0.245 e. The summed E-state index contributed by atoms with van der Waals surface area (Å²) in [6.45, 7) is 2.02. The lowest BCUT2D eigenvalue weighted by atomic mass is 10.5. The van der Waals surface area contributed by atoms with Crippen LogP contribution in [0, 0.1) is 18.3 Å². The van der Waals surface area contributed by atoms with Gasteiger partial charge in [0.05, 0.1) is 17.2 Å². The summed E-state index contributed by atoms with van der Waals surface area (Å²) in [5.74, 6) is 0. The van der Waals surface area contributed by atoms with Gasteiger partial charge in [-0.25, -0.2) is 18.1 Å². The summed E-state index contributed by atoms with van der Waals surface area (Å²) in [5, 5.41) is 11.4. The number of thiazole rings is 1. The molecule has 0 unspecified atom stereocenters. The number of thiophene rings is 1. The van der Waals surface area contributed by atoms with Gasteiger partial charge in [0, 0.05) is 5.38 Å². The number of sulfonamides is 1. The van der Waals surface area contributed by atoms with Crippen molar-refractivity contribution in [2.24, 2.45) is 0 Å². The van der Waals surface area contributed by atoms with E-state index in [2.05, 4.69) is 9.71 Å². The van der Waals surface area contributed by atoms with Crippen LogP contribution in [0.15, 0.2) is 21.7 Å². The molecule has 2 aromatic heterocycles. The van der Waals surface area contributed by atoms with E-state index in [0.29, 0.717) is 10.6 Å². The second kappa shape index (κ2) is 5.16. The first kappa shape index (κ1) is 13.2. The number of hydrogen-bond acceptors (Lipinski definition) is 6. The normalized spacial score (nSPS) is 11.3. The summed E-state index contributed by atoms with van der Waals surface area (Å²) < 4.78 is 26.4. The summed E-state index contributed by atoms with van der Waals surface area (Å²) in [4.78, 5) is 4.55. The first-order valence-electron chi connectivity index (χ1n) is 4.92. The van der Waals surface area contributed by atoms with Crippen molar-refractivity contribution in [1.82, 2.24) is 9.71 Å². The minimum absolute atomic E-state index is 0.144. The number of rotatable bonds is 4. The molecule has 2 aromatic rings. The molecule has 0 atom stereocenters. The predicted octanol–water partition coefficient (Wildman–Crippen LogP) is 1.86. The van der Waals surface area contributed by atoms with Gasteiger partial charge in [-0.3, -0.25) is 0 Å². The fraction of sp³-hybridized carbons (Fsp3) is 0.200. The SMILES string of the molecule is Cc1nc(CNS(=O)(=O)c2ccc(C#N)s2)cs1. The van der Waals surface area contributed by atoms with E-state index in [1.54, 1.807) is 0 Å². The van der Waals surface area contributed by atoms with E-state index in [1.165, 1.54) is 23.5 Å². The predicted molar refractivity (Wildman–Crippen MR) is 69.9 cm³/mol. The fourth-order valence-electron chi connectivity index (χ4n) is 1.25. The molecule has 1 N–H and O–H groups in total. The van der Waals surface area contributed by atoms with Crippen LogP contribution in [0.3, 0.4) is 0 Å². The highest BCUT2D eigenvalue weighted by atomic mass is 32.2. The fourth-order valence-corrected chi connectivity index (χ4v) is 4.01. The van der Waals surface area contributed by atoms with Crippen LogP contribution in [0.1, 0.15) is 15.6 Å². The lowest BCUT2D eigenvalue weighted by Crippen LogP contribution is -2.22. The maximum Gasteiger partial charge on any atom is 0.250 e. The van der Waals surface area contributed by atoms with Gasteiger partial charge in [0.2, 0.25) is 10.0 Å². The van der Waals surface area contributed by atoms with Crippen LogP contribution in [-0.4, -0.2) is 13.4 Å². The Labute approximate surface area is 113 Å². The third kappa shape index (κ3) is 2.94. The van der Waals surface area contributed by atoms with E-state index < -0.39 is 10.0 Å². The third-order valence-corrected chi connectivity index (χ3v) is 5.77. The maximum atomic E-state index is 11.9. The van der Waals surface area contributed by atoms with Crippen LogP contribution < -0.4 is 4.72 Å². The largest absolute Gasteiger partial charge is 0.250 e. The van der Waals surface area contributed by atoms with Gasteiger partial charge in [-0.05, 0) is 19.1 Å². The molecular weight excluding hydrogens is 290 g/mol. The Hall–Kier alpha value is -1.27. The van der Waals surface area contributed by atoms with Crippen molar-refractivity contribution in [1.29, 1.82) is 5.26 Å². The van der Waals surface area contributed by atoms with Crippen molar-refractivity contribution in [3.8, 4) is 6.07 Å². The quantitative estimate of drug-likeness (QED) is 0.934. The Bertz CT molecular complexity index is 694. The number of aryl methyl sites for hydroxylation is 1. The minimum Gasteiger partial charge on any atom is -0.245 e. The minimum atomic E-state index is -3.56. The second-order valence-corrected chi connectivity index (χ2v) is 7.55. The Balaban J connectivity index is 2.10. The van der Waals surface area contributed by atoms with E-state index in [0.717, 1.165) is 16.3 Å². The van der Waals surface area contributed by atoms with Crippen molar-refractivity contribution >= 4 is 32.7 Å². The van der Waals surface area contributed by atoms with Crippen LogP contribution >= 0.6 is 22.7 Å². The van der Waals surface area contributed by atoms with Gasteiger partial charge in [-0.15, -0.1) is 22.7 Å². The standard InChI is InChI=1S/C10H9N3O2S3/c1-7-13-8(6-16-7)5-12-18(14,15)10-3-2-9(4-11)17-10/h2-3,6,12H,5H2,1H3. The lowest BCUT2D eigenvalue weighted by Gasteiger charge is -2.01. The molecule has 0 aliphatic carbocycles. The van der Waals surface area contributed by atoms with Crippen molar-refractivity contribution in [2.75, 3.05) is 0 Å². The van der Waals surface area contributed by atoms with E-state index in [9.17, 15) is 8.42 Å². The second-order valence-electron chi connectivity index (χ2n) is 3.41. The molecule has 0 aliphatic heterocycles. The molecule has 0 aromatic carbocycles. The van der Waals surface area contributed by atoms with Gasteiger partial charge in [0.15, 0.2) is 0 Å². The number of nitrogens with zero attached hydrogens (tertiary/aromatic N) is 2. The zero-order chi connectivity index (χ0) is 13.2. The average Bonchev–Trinajstić information content (AvgIpc) is 2.95. The molecule has 0 bridgehead atoms. The third-order valence-electron chi connectivity index (χ3n) is 2.07. The van der Waals surface area contributed by atoms with E-state index in [4.69, 9.17) is 5.26 Å². The molecule has 18 heavy (non-hydrogen) atoms. The molecule has 0 fully saturated rings. The van der Waals surface area contributed by atoms with Crippen molar-refractivity contribution in [3.05, 3.63) is 33.1 Å². The lowest BCUT2D eigenvalue weighted by molar-refractivity contribution is 0.582. The molecule has 0 spiro atoms. The molecule has 0 aliphatic rings. The highest BCUT2D eigenvalue weighted by molar-refractivity contribution is 7.91. The van der Waals surface area contributed by atoms with Crippen LogP contribution in [0.2, 0.25) is 0 Å². The Kier molecular flexibility index (Phi) is 3.77. The highest BCUT2D eigenvalue weighted by Crippen LogP contribution is 2.20. The van der Waals surface area contributed by atoms with Crippen molar-refractivity contribution in [3.63, 3.8) is 0 Å². The number of aromatic nitrogens is 1. The summed E-state index contributed by atoms with van der Waals surface area (Å²) in [5.41, 5.74) is 0.693. The molecular formula is C10H9N3O2S3. The van der Waals surface area contributed by atoms with Crippen molar-refractivity contribution < 1.29 is 8.42 Å². The molecule has 94 valence electrons. The topological polar surface area (TPSA) is 82.8 Å². The molecule has 0 radical (unpaired) electrons. The van der Waals surface area contributed by atoms with Crippen LogP contribution in [0.5, 0.6) is 0 Å². The molecule has 5 nitrogen and oxygen atoms in total. The van der Waals surface area contributed by atoms with Crippen molar-refractivity contribution in [2.45, 2.75) is 17.7 Å². The van der Waals surface area contributed by atoms with Gasteiger partial charge in [0.25, 0.3) is 0 Å². The molecule has 0 saturated carbocycles. The number of nitriles is 1. The van der Waals surface area contributed by atoms with Gasteiger partial charge < -0.3 is 0 Å².